The second kappa shape index (κ2) is 7.66. The van der Waals surface area contributed by atoms with Crippen LogP contribution in [0.15, 0.2) is 12.4 Å². The number of aryl methyl sites for hydroxylation is 1. The summed E-state index contributed by atoms with van der Waals surface area (Å²) < 4.78 is 54.1. The highest BCUT2D eigenvalue weighted by molar-refractivity contribution is 7.72. The Bertz CT molecular complexity index is 919. The van der Waals surface area contributed by atoms with E-state index < -0.39 is 27.2 Å². The molecule has 150 valence electrons. The first-order valence-electron chi connectivity index (χ1n) is 7.21. The van der Waals surface area contributed by atoms with Gasteiger partial charge in [-0.1, -0.05) is 5.21 Å². The number of nitrogens with two attached hydrogens (primary N) is 1. The number of nitrogens with zero attached hydrogens (tertiary/aromatic N) is 5. The Balaban J connectivity index is 1.96. The molecule has 1 unspecified atom stereocenters. The van der Waals surface area contributed by atoms with Crippen LogP contribution in [0.3, 0.4) is 0 Å². The number of alkyl halides is 2. The molecule has 16 heteroatoms. The number of hydrogen-bond donors (Lipinski definition) is 4. The van der Waals surface area contributed by atoms with Gasteiger partial charge in [0.2, 0.25) is 0 Å². The van der Waals surface area contributed by atoms with Crippen molar-refractivity contribution < 1.29 is 37.1 Å². The predicted octanol–water partition coefficient (Wildman–Crippen LogP) is 0.480. The highest BCUT2D eigenvalue weighted by Crippen LogP contribution is 2.73. The van der Waals surface area contributed by atoms with Crippen LogP contribution in [0.5, 0.6) is 0 Å². The molecule has 2 rings (SSSR count). The Morgan fingerprint density at radius 1 is 1.33 bits per heavy atom. The first-order valence-corrected chi connectivity index (χ1v) is 10.4. The van der Waals surface area contributed by atoms with Gasteiger partial charge in [0.05, 0.1) is 18.8 Å². The van der Waals surface area contributed by atoms with Gasteiger partial charge in [-0.2, -0.15) is 8.78 Å². The van der Waals surface area contributed by atoms with Crippen molar-refractivity contribution in [1.82, 2.24) is 25.0 Å². The lowest BCUT2D eigenvalue weighted by molar-refractivity contribution is 0.0926. The van der Waals surface area contributed by atoms with Gasteiger partial charge in [0.1, 0.15) is 11.6 Å². The van der Waals surface area contributed by atoms with Crippen LogP contribution in [0.25, 0.3) is 0 Å². The molecule has 2 heterocycles. The topological polar surface area (TPSA) is 187 Å². The van der Waals surface area contributed by atoms with Crippen molar-refractivity contribution in [2.24, 2.45) is 0 Å². The Kier molecular flexibility index (Phi) is 6.10. The van der Waals surface area contributed by atoms with Crippen LogP contribution in [-0.4, -0.2) is 51.7 Å². The summed E-state index contributed by atoms with van der Waals surface area (Å²) in [4.78, 5) is 34.1. The zero-order chi connectivity index (χ0) is 20.5. The van der Waals surface area contributed by atoms with Crippen LogP contribution < -0.4 is 5.73 Å². The van der Waals surface area contributed by atoms with Crippen molar-refractivity contribution in [3.63, 3.8) is 0 Å². The number of nitrogen functional groups attached to an aromatic ring is 1. The van der Waals surface area contributed by atoms with Crippen molar-refractivity contribution in [2.45, 2.75) is 25.3 Å². The van der Waals surface area contributed by atoms with Gasteiger partial charge in [-0.15, -0.1) is 5.10 Å². The molecular weight excluding hydrogens is 412 g/mol. The summed E-state index contributed by atoms with van der Waals surface area (Å²) >= 11 is 0. The second-order valence-corrected chi connectivity index (χ2v) is 9.26. The maximum Gasteiger partial charge on any atom is 0.443 e. The molecule has 0 spiro atoms. The van der Waals surface area contributed by atoms with E-state index in [0.717, 1.165) is 0 Å². The van der Waals surface area contributed by atoms with E-state index in [2.05, 4.69) is 24.8 Å². The first-order chi connectivity index (χ1) is 12.3. The quantitative estimate of drug-likeness (QED) is 0.428. The van der Waals surface area contributed by atoms with Crippen molar-refractivity contribution >= 4 is 21.0 Å². The summed E-state index contributed by atoms with van der Waals surface area (Å²) in [5.74, 6) is 0.747. The number of anilines is 1. The lowest BCUT2D eigenvalue weighted by Crippen LogP contribution is -2.19. The van der Waals surface area contributed by atoms with E-state index >= 15 is 0 Å². The standard InChI is InChI=1S/C11H16F2N6O6P2/c1-7-15-4-8(10(14)16-7)5-19-6-9(17-18-19)2-3-25-27(23,24)11(12,13)26(20,21)22/h4,6H,2-3,5H2,1H3,(H,23,24)(H2,14,15,16)(H2,20,21,22). The van der Waals surface area contributed by atoms with E-state index in [4.69, 9.17) is 20.4 Å². The van der Waals surface area contributed by atoms with E-state index in [-0.39, 0.29) is 24.5 Å². The maximum absolute atomic E-state index is 13.3. The Morgan fingerprint density at radius 2 is 2.00 bits per heavy atom. The van der Waals surface area contributed by atoms with Gasteiger partial charge >= 0.3 is 20.6 Å². The average molecular weight is 428 g/mol. The molecule has 27 heavy (non-hydrogen) atoms. The fourth-order valence-corrected chi connectivity index (χ4v) is 3.84. The normalized spacial score (nSPS) is 14.9. The summed E-state index contributed by atoms with van der Waals surface area (Å²) in [5, 5.41) is 2.30. The van der Waals surface area contributed by atoms with Crippen molar-refractivity contribution in [1.29, 1.82) is 0 Å². The minimum Gasteiger partial charge on any atom is -0.383 e. The lowest BCUT2D eigenvalue weighted by Gasteiger charge is -2.22. The zero-order valence-electron chi connectivity index (χ0n) is 13.8. The second-order valence-electron chi connectivity index (χ2n) is 5.39. The summed E-state index contributed by atoms with van der Waals surface area (Å²) in [6, 6.07) is 0. The maximum atomic E-state index is 13.3. The monoisotopic (exact) mass is 428 g/mol. The molecule has 0 aromatic carbocycles. The highest BCUT2D eigenvalue weighted by Gasteiger charge is 2.64. The van der Waals surface area contributed by atoms with Crippen LogP contribution >= 0.6 is 15.2 Å². The minimum absolute atomic E-state index is 0.175. The van der Waals surface area contributed by atoms with Crippen LogP contribution in [0.2, 0.25) is 0 Å². The molecule has 2 aromatic rings. The average Bonchev–Trinajstić information content (AvgIpc) is 2.96. The Morgan fingerprint density at radius 3 is 2.59 bits per heavy atom. The molecule has 0 bridgehead atoms. The third-order valence-electron chi connectivity index (χ3n) is 3.25. The molecule has 0 fully saturated rings. The molecule has 12 nitrogen and oxygen atoms in total. The smallest absolute Gasteiger partial charge is 0.383 e. The molecule has 0 aliphatic carbocycles. The molecule has 0 radical (unpaired) electrons. The van der Waals surface area contributed by atoms with Crippen LogP contribution in [-0.2, 0) is 26.6 Å². The van der Waals surface area contributed by atoms with E-state index in [1.54, 1.807) is 6.92 Å². The largest absolute Gasteiger partial charge is 0.443 e. The number of aromatic nitrogens is 5. The molecule has 0 saturated heterocycles. The molecule has 0 aliphatic rings. The van der Waals surface area contributed by atoms with Gasteiger partial charge in [-0.25, -0.2) is 14.6 Å². The fraction of sp³-hybridized carbons (Fsp3) is 0.455. The highest BCUT2D eigenvalue weighted by atomic mass is 31.2. The van der Waals surface area contributed by atoms with Gasteiger partial charge in [0.15, 0.2) is 0 Å². The third-order valence-corrected chi connectivity index (χ3v) is 6.71. The van der Waals surface area contributed by atoms with Crippen molar-refractivity contribution in [3.8, 4) is 0 Å². The number of hydrogen-bond acceptors (Lipinski definition) is 8. The molecule has 0 amide bonds. The van der Waals surface area contributed by atoms with Crippen molar-refractivity contribution in [3.05, 3.63) is 29.5 Å². The summed E-state index contributed by atoms with van der Waals surface area (Å²) in [5.41, 5.74) is 6.54. The molecule has 2 aromatic heterocycles. The van der Waals surface area contributed by atoms with Crippen LogP contribution in [0.1, 0.15) is 17.1 Å². The zero-order valence-corrected chi connectivity index (χ0v) is 15.6. The van der Waals surface area contributed by atoms with E-state index in [9.17, 15) is 17.9 Å². The molecule has 1 atom stereocenters. The summed E-state index contributed by atoms with van der Waals surface area (Å²) in [7, 11) is -12.1. The Labute approximate surface area is 151 Å². The first kappa shape index (κ1) is 21.5. The van der Waals surface area contributed by atoms with E-state index in [1.807, 2.05) is 0 Å². The Hall–Kier alpha value is -1.82. The number of halogens is 2. The van der Waals surface area contributed by atoms with Gasteiger partial charge in [0, 0.05) is 24.4 Å². The van der Waals surface area contributed by atoms with Crippen molar-refractivity contribution in [2.75, 3.05) is 12.3 Å². The van der Waals surface area contributed by atoms with E-state index in [1.165, 1.54) is 17.1 Å². The van der Waals surface area contributed by atoms with Crippen LogP contribution in [0.4, 0.5) is 14.6 Å². The predicted molar refractivity (Wildman–Crippen MR) is 86.8 cm³/mol. The van der Waals surface area contributed by atoms with Gasteiger partial charge in [-0.05, 0) is 6.92 Å². The van der Waals surface area contributed by atoms with Gasteiger partial charge < -0.3 is 24.9 Å². The molecule has 0 aliphatic heterocycles. The minimum atomic E-state index is -6.17. The van der Waals surface area contributed by atoms with Gasteiger partial charge in [0.25, 0.3) is 0 Å². The molecule has 5 N–H and O–H groups in total. The fourth-order valence-electron chi connectivity index (χ4n) is 1.86. The number of rotatable bonds is 8. The molecular formula is C11H16F2N6O6P2. The molecule has 0 saturated carbocycles. The van der Waals surface area contributed by atoms with Gasteiger partial charge in [-0.3, -0.25) is 9.13 Å². The lowest BCUT2D eigenvalue weighted by atomic mass is 10.3. The summed E-state index contributed by atoms with van der Waals surface area (Å²) in [6.45, 7) is 1.11. The SMILES string of the molecule is Cc1ncc(Cn2cc(CCOP(=O)(O)C(F)(F)P(=O)(O)O)nn2)c(N)n1. The van der Waals surface area contributed by atoms with E-state index in [0.29, 0.717) is 11.4 Å². The summed E-state index contributed by atoms with van der Waals surface area (Å²) in [6.07, 6.45) is 2.71. The third kappa shape index (κ3) is 4.92. The van der Waals surface area contributed by atoms with Crippen LogP contribution in [0, 0.1) is 6.92 Å².